The van der Waals surface area contributed by atoms with Crippen LogP contribution < -0.4 is 5.32 Å². The van der Waals surface area contributed by atoms with Crippen molar-refractivity contribution >= 4 is 11.6 Å². The second kappa shape index (κ2) is 7.72. The Hall–Kier alpha value is -0.640. The van der Waals surface area contributed by atoms with E-state index in [1.807, 2.05) is 20.8 Å². The predicted octanol–water partition coefficient (Wildman–Crippen LogP) is 3.94. The van der Waals surface area contributed by atoms with Gasteiger partial charge in [0.25, 0.3) is 0 Å². The molecule has 4 heteroatoms. The SMILES string of the molecule is CC(C)OCCCNC(C)c1ccc(F)cc1Cl. The summed E-state index contributed by atoms with van der Waals surface area (Å²) >= 11 is 6.00. The maximum absolute atomic E-state index is 12.9. The van der Waals surface area contributed by atoms with Crippen molar-refractivity contribution in [1.29, 1.82) is 0 Å². The summed E-state index contributed by atoms with van der Waals surface area (Å²) in [5, 5.41) is 3.81. The Balaban J connectivity index is 2.34. The lowest BCUT2D eigenvalue weighted by Gasteiger charge is -2.16. The number of ether oxygens (including phenoxy) is 1. The molecule has 1 rings (SSSR count). The van der Waals surface area contributed by atoms with E-state index in [0.717, 1.165) is 25.1 Å². The minimum atomic E-state index is -0.304. The van der Waals surface area contributed by atoms with Gasteiger partial charge in [-0.2, -0.15) is 0 Å². The van der Waals surface area contributed by atoms with Crippen molar-refractivity contribution in [3.8, 4) is 0 Å². The van der Waals surface area contributed by atoms with Crippen molar-refractivity contribution in [2.75, 3.05) is 13.2 Å². The molecule has 0 aliphatic heterocycles. The van der Waals surface area contributed by atoms with Crippen LogP contribution in [-0.2, 0) is 4.74 Å². The van der Waals surface area contributed by atoms with Gasteiger partial charge in [0, 0.05) is 17.7 Å². The molecule has 1 atom stereocenters. The van der Waals surface area contributed by atoms with Crippen LogP contribution in [0.5, 0.6) is 0 Å². The van der Waals surface area contributed by atoms with E-state index >= 15 is 0 Å². The Morgan fingerprint density at radius 1 is 1.33 bits per heavy atom. The molecule has 0 saturated heterocycles. The zero-order valence-electron chi connectivity index (χ0n) is 11.2. The van der Waals surface area contributed by atoms with Crippen molar-refractivity contribution in [3.05, 3.63) is 34.6 Å². The number of hydrogen-bond acceptors (Lipinski definition) is 2. The molecule has 0 radical (unpaired) electrons. The molecule has 0 bridgehead atoms. The molecule has 18 heavy (non-hydrogen) atoms. The van der Waals surface area contributed by atoms with Crippen LogP contribution >= 0.6 is 11.6 Å². The molecular formula is C14H21ClFNO. The standard InChI is InChI=1S/C14H21ClFNO/c1-10(2)18-8-4-7-17-11(3)13-6-5-12(16)9-14(13)15/h5-6,9-11,17H,4,7-8H2,1-3H3. The van der Waals surface area contributed by atoms with Gasteiger partial charge in [-0.15, -0.1) is 0 Å². The van der Waals surface area contributed by atoms with E-state index in [1.54, 1.807) is 6.07 Å². The fourth-order valence-corrected chi connectivity index (χ4v) is 2.00. The Labute approximate surface area is 113 Å². The summed E-state index contributed by atoms with van der Waals surface area (Å²) in [5.41, 5.74) is 0.919. The minimum Gasteiger partial charge on any atom is -0.379 e. The number of nitrogens with one attached hydrogen (secondary N) is 1. The fraction of sp³-hybridized carbons (Fsp3) is 0.571. The number of halogens is 2. The van der Waals surface area contributed by atoms with E-state index in [-0.39, 0.29) is 18.0 Å². The van der Waals surface area contributed by atoms with E-state index in [9.17, 15) is 4.39 Å². The molecule has 1 unspecified atom stereocenters. The van der Waals surface area contributed by atoms with Gasteiger partial charge in [-0.3, -0.25) is 0 Å². The van der Waals surface area contributed by atoms with Crippen LogP contribution in [0.3, 0.4) is 0 Å². The molecule has 0 spiro atoms. The Morgan fingerprint density at radius 2 is 2.06 bits per heavy atom. The molecule has 0 fully saturated rings. The van der Waals surface area contributed by atoms with Gasteiger partial charge in [-0.25, -0.2) is 4.39 Å². The molecule has 0 aromatic heterocycles. The van der Waals surface area contributed by atoms with Crippen LogP contribution in [0.15, 0.2) is 18.2 Å². The summed E-state index contributed by atoms with van der Waals surface area (Å²) in [6, 6.07) is 4.61. The van der Waals surface area contributed by atoms with Crippen molar-refractivity contribution in [2.45, 2.75) is 39.3 Å². The van der Waals surface area contributed by atoms with Gasteiger partial charge >= 0.3 is 0 Å². The first-order valence-corrected chi connectivity index (χ1v) is 6.68. The van der Waals surface area contributed by atoms with Crippen molar-refractivity contribution in [2.24, 2.45) is 0 Å². The third-order valence-electron chi connectivity index (χ3n) is 2.65. The lowest BCUT2D eigenvalue weighted by atomic mass is 10.1. The second-order valence-corrected chi connectivity index (χ2v) is 5.02. The second-order valence-electron chi connectivity index (χ2n) is 4.61. The topological polar surface area (TPSA) is 21.3 Å². The van der Waals surface area contributed by atoms with Crippen molar-refractivity contribution in [3.63, 3.8) is 0 Å². The lowest BCUT2D eigenvalue weighted by Crippen LogP contribution is -2.21. The molecule has 1 aromatic carbocycles. The summed E-state index contributed by atoms with van der Waals surface area (Å²) in [6.07, 6.45) is 1.22. The van der Waals surface area contributed by atoms with Gasteiger partial charge in [0.15, 0.2) is 0 Å². The molecular weight excluding hydrogens is 253 g/mol. The van der Waals surface area contributed by atoms with Gasteiger partial charge in [0.2, 0.25) is 0 Å². The number of rotatable bonds is 7. The quantitative estimate of drug-likeness (QED) is 0.760. The zero-order chi connectivity index (χ0) is 13.5. The summed E-state index contributed by atoms with van der Waals surface area (Å²) < 4.78 is 18.4. The highest BCUT2D eigenvalue weighted by atomic mass is 35.5. The molecule has 0 saturated carbocycles. The van der Waals surface area contributed by atoms with E-state index in [4.69, 9.17) is 16.3 Å². The van der Waals surface area contributed by atoms with Crippen LogP contribution in [0.2, 0.25) is 5.02 Å². The number of benzene rings is 1. The largest absolute Gasteiger partial charge is 0.379 e. The maximum Gasteiger partial charge on any atom is 0.124 e. The van der Waals surface area contributed by atoms with Crippen molar-refractivity contribution < 1.29 is 9.13 Å². The van der Waals surface area contributed by atoms with Crippen LogP contribution in [-0.4, -0.2) is 19.3 Å². The molecule has 0 aliphatic rings. The van der Waals surface area contributed by atoms with Crippen molar-refractivity contribution in [1.82, 2.24) is 5.32 Å². The smallest absolute Gasteiger partial charge is 0.124 e. The molecule has 0 heterocycles. The molecule has 0 amide bonds. The lowest BCUT2D eigenvalue weighted by molar-refractivity contribution is 0.0768. The minimum absolute atomic E-state index is 0.108. The van der Waals surface area contributed by atoms with Crippen LogP contribution in [0.1, 0.15) is 38.8 Å². The van der Waals surface area contributed by atoms with E-state index < -0.39 is 0 Å². The van der Waals surface area contributed by atoms with Gasteiger partial charge in [-0.1, -0.05) is 17.7 Å². The summed E-state index contributed by atoms with van der Waals surface area (Å²) in [5.74, 6) is -0.304. The monoisotopic (exact) mass is 273 g/mol. The van der Waals surface area contributed by atoms with Gasteiger partial charge in [0.1, 0.15) is 5.82 Å². The summed E-state index contributed by atoms with van der Waals surface area (Å²) in [4.78, 5) is 0. The third-order valence-corrected chi connectivity index (χ3v) is 2.98. The molecule has 1 N–H and O–H groups in total. The average Bonchev–Trinajstić information content (AvgIpc) is 2.27. The van der Waals surface area contributed by atoms with E-state index in [0.29, 0.717) is 5.02 Å². The number of hydrogen-bond donors (Lipinski definition) is 1. The molecule has 2 nitrogen and oxygen atoms in total. The Kier molecular flexibility index (Phi) is 6.61. The van der Waals surface area contributed by atoms with Gasteiger partial charge in [-0.05, 0) is 51.4 Å². The molecule has 1 aromatic rings. The first kappa shape index (κ1) is 15.4. The summed E-state index contributed by atoms with van der Waals surface area (Å²) in [7, 11) is 0. The normalized spacial score (nSPS) is 13.0. The van der Waals surface area contributed by atoms with Gasteiger partial charge in [0.05, 0.1) is 6.10 Å². The van der Waals surface area contributed by atoms with Gasteiger partial charge < -0.3 is 10.1 Å². The van der Waals surface area contributed by atoms with Crippen LogP contribution in [0, 0.1) is 5.82 Å². The zero-order valence-corrected chi connectivity index (χ0v) is 11.9. The highest BCUT2D eigenvalue weighted by Crippen LogP contribution is 2.23. The van der Waals surface area contributed by atoms with Crippen LogP contribution in [0.4, 0.5) is 4.39 Å². The highest BCUT2D eigenvalue weighted by Gasteiger charge is 2.09. The summed E-state index contributed by atoms with van der Waals surface area (Å²) in [6.45, 7) is 7.65. The molecule has 102 valence electrons. The highest BCUT2D eigenvalue weighted by molar-refractivity contribution is 6.31. The average molecular weight is 274 g/mol. The first-order chi connectivity index (χ1) is 8.50. The van der Waals surface area contributed by atoms with Crippen LogP contribution in [0.25, 0.3) is 0 Å². The van der Waals surface area contributed by atoms with E-state index in [2.05, 4.69) is 5.32 Å². The fourth-order valence-electron chi connectivity index (χ4n) is 1.67. The Bertz CT molecular complexity index is 371. The first-order valence-electron chi connectivity index (χ1n) is 6.30. The van der Waals surface area contributed by atoms with E-state index in [1.165, 1.54) is 12.1 Å². The Morgan fingerprint density at radius 3 is 2.67 bits per heavy atom. The molecule has 0 aliphatic carbocycles. The third kappa shape index (κ3) is 5.34. The maximum atomic E-state index is 12.9. The predicted molar refractivity (Wildman–Crippen MR) is 73.5 cm³/mol.